The van der Waals surface area contributed by atoms with Gasteiger partial charge in [-0.25, -0.2) is 9.97 Å². The number of amides is 1. The summed E-state index contributed by atoms with van der Waals surface area (Å²) in [6.45, 7) is 6.50. The average Bonchev–Trinajstić information content (AvgIpc) is 3.22. The van der Waals surface area contributed by atoms with Gasteiger partial charge < -0.3 is 19.5 Å². The van der Waals surface area contributed by atoms with Gasteiger partial charge in [-0.05, 0) is 26.3 Å². The Bertz CT molecular complexity index is 1190. The maximum Gasteiger partial charge on any atom is 0.230 e. The Morgan fingerprint density at radius 1 is 1.22 bits per heavy atom. The summed E-state index contributed by atoms with van der Waals surface area (Å²) in [5, 5.41) is 1.12. The number of fused-ring (bicyclic) bond motifs is 2. The summed E-state index contributed by atoms with van der Waals surface area (Å²) in [4.78, 5) is 41.3. The second-order valence-corrected chi connectivity index (χ2v) is 8.61. The Morgan fingerprint density at radius 2 is 2.06 bits per heavy atom. The van der Waals surface area contributed by atoms with E-state index in [-0.39, 0.29) is 24.2 Å². The van der Waals surface area contributed by atoms with Crippen molar-refractivity contribution in [2.24, 2.45) is 0 Å². The summed E-state index contributed by atoms with van der Waals surface area (Å²) >= 11 is 0. The number of aromatic amines is 1. The number of ketones is 1. The van der Waals surface area contributed by atoms with E-state index >= 15 is 0 Å². The molecule has 4 heterocycles. The van der Waals surface area contributed by atoms with Crippen LogP contribution in [-0.2, 0) is 27.3 Å². The number of hydrogen-bond acceptors (Lipinski definition) is 6. The maximum absolute atomic E-state index is 12.6. The summed E-state index contributed by atoms with van der Waals surface area (Å²) in [5.74, 6) is 0.406. The number of morpholine rings is 1. The Morgan fingerprint density at radius 3 is 2.88 bits per heavy atom. The third kappa shape index (κ3) is 3.75. The average molecular weight is 434 g/mol. The van der Waals surface area contributed by atoms with Gasteiger partial charge in [0.15, 0.2) is 0 Å². The highest BCUT2D eigenvalue weighted by Crippen LogP contribution is 2.35. The van der Waals surface area contributed by atoms with E-state index in [9.17, 15) is 9.59 Å². The SMILES string of the molecule is CC(=O)CC(=O)N1CCc2c(nc(N3CCOCC3C)nc2-c2c[nH]c3ccccc23)C1. The summed E-state index contributed by atoms with van der Waals surface area (Å²) in [7, 11) is 0. The summed E-state index contributed by atoms with van der Waals surface area (Å²) in [6, 6.07) is 8.35. The number of H-pyrrole nitrogens is 1. The Labute approximate surface area is 186 Å². The van der Waals surface area contributed by atoms with Crippen LogP contribution in [0.2, 0.25) is 0 Å². The third-order valence-corrected chi connectivity index (χ3v) is 6.28. The number of benzene rings is 1. The first-order chi connectivity index (χ1) is 15.5. The molecule has 0 aliphatic carbocycles. The molecular formula is C24H27N5O3. The molecule has 0 saturated carbocycles. The zero-order valence-corrected chi connectivity index (χ0v) is 18.4. The van der Waals surface area contributed by atoms with Crippen molar-refractivity contribution >= 4 is 28.5 Å². The predicted octanol–water partition coefficient (Wildman–Crippen LogP) is 2.71. The number of rotatable bonds is 4. The lowest BCUT2D eigenvalue weighted by Crippen LogP contribution is -2.45. The molecule has 1 aromatic carbocycles. The molecule has 1 N–H and O–H groups in total. The van der Waals surface area contributed by atoms with Gasteiger partial charge >= 0.3 is 0 Å². The van der Waals surface area contributed by atoms with Crippen molar-refractivity contribution < 1.29 is 14.3 Å². The van der Waals surface area contributed by atoms with Gasteiger partial charge in [0, 0.05) is 41.3 Å². The van der Waals surface area contributed by atoms with Gasteiger partial charge in [0.2, 0.25) is 11.9 Å². The molecule has 1 amide bonds. The van der Waals surface area contributed by atoms with Gasteiger partial charge in [0.05, 0.1) is 43.6 Å². The number of ether oxygens (including phenoxy) is 1. The maximum atomic E-state index is 12.6. The molecule has 166 valence electrons. The molecule has 8 nitrogen and oxygen atoms in total. The van der Waals surface area contributed by atoms with Crippen LogP contribution < -0.4 is 4.90 Å². The molecule has 32 heavy (non-hydrogen) atoms. The Balaban J connectivity index is 1.61. The number of carbonyl (C=O) groups excluding carboxylic acids is 2. The van der Waals surface area contributed by atoms with Crippen LogP contribution in [0.1, 0.15) is 31.5 Å². The molecule has 1 fully saturated rings. The highest BCUT2D eigenvalue weighted by molar-refractivity contribution is 5.97. The van der Waals surface area contributed by atoms with Crippen LogP contribution >= 0.6 is 0 Å². The first-order valence-electron chi connectivity index (χ1n) is 11.1. The Kier molecular flexibility index (Phi) is 5.38. The van der Waals surface area contributed by atoms with Gasteiger partial charge in [-0.15, -0.1) is 0 Å². The van der Waals surface area contributed by atoms with Crippen molar-refractivity contribution in [3.63, 3.8) is 0 Å². The number of aromatic nitrogens is 3. The van der Waals surface area contributed by atoms with Crippen LogP contribution in [0, 0.1) is 0 Å². The van der Waals surface area contributed by atoms with Crippen LogP contribution in [0.15, 0.2) is 30.5 Å². The third-order valence-electron chi connectivity index (χ3n) is 6.28. The minimum Gasteiger partial charge on any atom is -0.377 e. The lowest BCUT2D eigenvalue weighted by atomic mass is 9.97. The van der Waals surface area contributed by atoms with E-state index in [4.69, 9.17) is 14.7 Å². The molecule has 0 bridgehead atoms. The summed E-state index contributed by atoms with van der Waals surface area (Å²) < 4.78 is 5.60. The van der Waals surface area contributed by atoms with E-state index in [0.717, 1.165) is 40.0 Å². The van der Waals surface area contributed by atoms with E-state index in [0.29, 0.717) is 38.7 Å². The molecule has 2 aliphatic heterocycles. The van der Waals surface area contributed by atoms with Crippen LogP contribution in [0.4, 0.5) is 5.95 Å². The van der Waals surface area contributed by atoms with Crippen molar-refractivity contribution in [1.29, 1.82) is 0 Å². The van der Waals surface area contributed by atoms with Crippen molar-refractivity contribution in [2.75, 3.05) is 31.2 Å². The number of Topliss-reactive ketones (excluding diaryl/α,β-unsaturated/α-hetero) is 1. The van der Waals surface area contributed by atoms with Crippen LogP contribution in [0.25, 0.3) is 22.2 Å². The first kappa shape index (κ1) is 20.6. The fraction of sp³-hybridized carbons (Fsp3) is 0.417. The zero-order valence-electron chi connectivity index (χ0n) is 18.4. The van der Waals surface area contributed by atoms with Gasteiger partial charge in [0.25, 0.3) is 0 Å². The molecule has 0 radical (unpaired) electrons. The standard InChI is InChI=1S/C24H27N5O3/c1-15-14-32-10-9-29(15)24-26-21-13-28(22(31)11-16(2)30)8-7-18(21)23(27-24)19-12-25-20-6-4-3-5-17(19)20/h3-6,12,15,25H,7-11,13-14H2,1-2H3. The van der Waals surface area contributed by atoms with E-state index < -0.39 is 0 Å². The number of anilines is 1. The minimum absolute atomic E-state index is 0.0664. The molecular weight excluding hydrogens is 406 g/mol. The highest BCUT2D eigenvalue weighted by atomic mass is 16.5. The molecule has 5 rings (SSSR count). The predicted molar refractivity (Wildman–Crippen MR) is 121 cm³/mol. The van der Waals surface area contributed by atoms with Gasteiger partial charge in [-0.3, -0.25) is 9.59 Å². The second kappa shape index (κ2) is 8.35. The Hall–Kier alpha value is -3.26. The summed E-state index contributed by atoms with van der Waals surface area (Å²) in [5.41, 5.74) is 4.96. The van der Waals surface area contributed by atoms with Crippen molar-refractivity contribution in [2.45, 2.75) is 39.3 Å². The normalized spacial score (nSPS) is 18.6. The lowest BCUT2D eigenvalue weighted by molar-refractivity contribution is -0.135. The van der Waals surface area contributed by atoms with Crippen molar-refractivity contribution in [3.05, 3.63) is 41.7 Å². The molecule has 1 saturated heterocycles. The largest absolute Gasteiger partial charge is 0.377 e. The van der Waals surface area contributed by atoms with E-state index in [1.165, 1.54) is 6.92 Å². The minimum atomic E-state index is -0.142. The molecule has 2 aliphatic rings. The van der Waals surface area contributed by atoms with Gasteiger partial charge in [-0.2, -0.15) is 0 Å². The zero-order chi connectivity index (χ0) is 22.2. The number of hydrogen-bond donors (Lipinski definition) is 1. The number of nitrogens with zero attached hydrogens (tertiary/aromatic N) is 4. The topological polar surface area (TPSA) is 91.4 Å². The monoisotopic (exact) mass is 433 g/mol. The van der Waals surface area contributed by atoms with Crippen LogP contribution in [-0.4, -0.2) is 63.9 Å². The second-order valence-electron chi connectivity index (χ2n) is 8.61. The van der Waals surface area contributed by atoms with Crippen LogP contribution in [0.3, 0.4) is 0 Å². The van der Waals surface area contributed by atoms with Crippen molar-refractivity contribution in [1.82, 2.24) is 19.9 Å². The molecule has 0 spiro atoms. The smallest absolute Gasteiger partial charge is 0.230 e. The highest BCUT2D eigenvalue weighted by Gasteiger charge is 2.29. The van der Waals surface area contributed by atoms with Crippen LogP contribution in [0.5, 0.6) is 0 Å². The fourth-order valence-corrected chi connectivity index (χ4v) is 4.60. The quantitative estimate of drug-likeness (QED) is 0.636. The molecule has 1 unspecified atom stereocenters. The fourth-order valence-electron chi connectivity index (χ4n) is 4.60. The van der Waals surface area contributed by atoms with Gasteiger partial charge in [-0.1, -0.05) is 18.2 Å². The number of nitrogens with one attached hydrogen (secondary N) is 1. The van der Waals surface area contributed by atoms with E-state index in [1.54, 1.807) is 4.90 Å². The molecule has 1 atom stereocenters. The first-order valence-corrected chi connectivity index (χ1v) is 11.1. The molecule has 2 aromatic heterocycles. The summed E-state index contributed by atoms with van der Waals surface area (Å²) in [6.07, 6.45) is 2.60. The lowest BCUT2D eigenvalue weighted by Gasteiger charge is -2.35. The van der Waals surface area contributed by atoms with Crippen molar-refractivity contribution in [3.8, 4) is 11.3 Å². The van der Waals surface area contributed by atoms with E-state index in [2.05, 4.69) is 28.9 Å². The van der Waals surface area contributed by atoms with Gasteiger partial charge in [0.1, 0.15) is 5.78 Å². The molecule has 8 heteroatoms. The molecule has 3 aromatic rings. The number of para-hydroxylation sites is 1. The van der Waals surface area contributed by atoms with E-state index in [1.807, 2.05) is 18.3 Å². The number of carbonyl (C=O) groups is 2.